The number of halogens is 2. The molecule has 1 aromatic carbocycles. The summed E-state index contributed by atoms with van der Waals surface area (Å²) in [4.78, 5) is 18.1. The van der Waals surface area contributed by atoms with Crippen molar-refractivity contribution in [1.29, 1.82) is 0 Å². The lowest BCUT2D eigenvalue weighted by atomic mass is 9.90. The molecule has 2 aliphatic heterocycles. The standard InChI is InChI=1S/C26H41N3O.2ClH/c30-26(25-14-9-17-29(25)21-23-12-7-4-8-13-23)27-24-15-18-28(19-16-24)20-22-10-5-2-1-3-6-11-22;;/h4,7-8,12-13,22,24-25H,1-3,5-6,9-11,14-21H2,(H,27,30);2*1H/t25-;;/m1../s1. The Morgan fingerprint density at radius 1 is 0.812 bits per heavy atom. The van der Waals surface area contributed by atoms with Crippen LogP contribution in [0.2, 0.25) is 0 Å². The van der Waals surface area contributed by atoms with Crippen molar-refractivity contribution < 1.29 is 4.79 Å². The van der Waals surface area contributed by atoms with Crippen molar-refractivity contribution in [3.05, 3.63) is 35.9 Å². The van der Waals surface area contributed by atoms with Gasteiger partial charge in [-0.3, -0.25) is 9.69 Å². The number of piperidine rings is 1. The van der Waals surface area contributed by atoms with Crippen molar-refractivity contribution >= 4 is 30.7 Å². The van der Waals surface area contributed by atoms with Crippen LogP contribution in [0.25, 0.3) is 0 Å². The summed E-state index contributed by atoms with van der Waals surface area (Å²) >= 11 is 0. The van der Waals surface area contributed by atoms with Gasteiger partial charge in [-0.15, -0.1) is 24.8 Å². The first-order valence-corrected chi connectivity index (χ1v) is 12.6. The molecule has 3 fully saturated rings. The van der Waals surface area contributed by atoms with Crippen LogP contribution in [-0.2, 0) is 11.3 Å². The number of amides is 1. The number of carbonyl (C=O) groups is 1. The predicted octanol–water partition coefficient (Wildman–Crippen LogP) is 5.44. The number of likely N-dealkylation sites (tertiary alicyclic amines) is 2. The van der Waals surface area contributed by atoms with Gasteiger partial charge in [-0.2, -0.15) is 0 Å². The first-order valence-electron chi connectivity index (χ1n) is 12.6. The topological polar surface area (TPSA) is 35.6 Å². The molecule has 1 amide bonds. The van der Waals surface area contributed by atoms with Crippen LogP contribution in [0.1, 0.15) is 76.2 Å². The Bertz CT molecular complexity index is 644. The SMILES string of the molecule is Cl.Cl.O=C(NC1CCN(CC2CCCCCCC2)CC1)[C@H]1CCCN1Cc1ccccc1. The number of benzene rings is 1. The lowest BCUT2D eigenvalue weighted by Gasteiger charge is -2.36. The summed E-state index contributed by atoms with van der Waals surface area (Å²) in [6, 6.07) is 11.0. The Hall–Kier alpha value is -0.810. The van der Waals surface area contributed by atoms with E-state index in [2.05, 4.69) is 45.4 Å². The zero-order valence-corrected chi connectivity index (χ0v) is 21.2. The fraction of sp³-hybridized carbons (Fsp3) is 0.731. The van der Waals surface area contributed by atoms with Gasteiger partial charge in [0.2, 0.25) is 5.91 Å². The number of nitrogens with one attached hydrogen (secondary N) is 1. The molecule has 1 aliphatic carbocycles. The van der Waals surface area contributed by atoms with Gasteiger partial charge in [0.15, 0.2) is 0 Å². The Balaban J connectivity index is 0.00000181. The summed E-state index contributed by atoms with van der Waals surface area (Å²) < 4.78 is 0. The van der Waals surface area contributed by atoms with Gasteiger partial charge in [-0.25, -0.2) is 0 Å². The van der Waals surface area contributed by atoms with E-state index < -0.39 is 0 Å². The molecule has 1 aromatic rings. The quantitative estimate of drug-likeness (QED) is 0.585. The van der Waals surface area contributed by atoms with Crippen molar-refractivity contribution in [2.24, 2.45) is 5.92 Å². The minimum atomic E-state index is 0. The number of nitrogens with zero attached hydrogens (tertiary/aromatic N) is 2. The van der Waals surface area contributed by atoms with Crippen LogP contribution in [0, 0.1) is 5.92 Å². The van der Waals surface area contributed by atoms with Crippen LogP contribution < -0.4 is 5.32 Å². The largest absolute Gasteiger partial charge is 0.352 e. The summed E-state index contributed by atoms with van der Waals surface area (Å²) in [7, 11) is 0. The summed E-state index contributed by atoms with van der Waals surface area (Å²) in [6.45, 7) is 5.51. The summed E-state index contributed by atoms with van der Waals surface area (Å²) in [5.41, 5.74) is 1.31. The maximum atomic E-state index is 13.0. The monoisotopic (exact) mass is 483 g/mol. The van der Waals surface area contributed by atoms with Crippen molar-refractivity contribution in [2.75, 3.05) is 26.2 Å². The molecule has 32 heavy (non-hydrogen) atoms. The maximum absolute atomic E-state index is 13.0. The minimum Gasteiger partial charge on any atom is -0.352 e. The minimum absolute atomic E-state index is 0. The molecule has 4 nitrogen and oxygen atoms in total. The summed E-state index contributed by atoms with van der Waals surface area (Å²) in [6.07, 6.45) is 14.4. The molecule has 2 heterocycles. The van der Waals surface area contributed by atoms with Gasteiger partial charge in [0.05, 0.1) is 6.04 Å². The van der Waals surface area contributed by atoms with Crippen LogP contribution in [0.3, 0.4) is 0 Å². The third-order valence-corrected chi connectivity index (χ3v) is 7.57. The molecular weight excluding hydrogens is 441 g/mol. The normalized spacial score (nSPS) is 24.1. The number of hydrogen-bond acceptors (Lipinski definition) is 3. The predicted molar refractivity (Wildman–Crippen MR) is 138 cm³/mol. The number of rotatable bonds is 6. The average molecular weight is 485 g/mol. The van der Waals surface area contributed by atoms with Crippen molar-refractivity contribution in [2.45, 2.75) is 89.3 Å². The second-order valence-corrected chi connectivity index (χ2v) is 9.91. The molecule has 182 valence electrons. The van der Waals surface area contributed by atoms with Crippen molar-refractivity contribution in [3.63, 3.8) is 0 Å². The summed E-state index contributed by atoms with van der Waals surface area (Å²) in [5.74, 6) is 1.17. The van der Waals surface area contributed by atoms with Gasteiger partial charge in [-0.1, -0.05) is 62.4 Å². The Labute approximate surface area is 207 Å². The van der Waals surface area contributed by atoms with Gasteiger partial charge in [0.25, 0.3) is 0 Å². The van der Waals surface area contributed by atoms with Crippen LogP contribution in [-0.4, -0.2) is 54.0 Å². The van der Waals surface area contributed by atoms with Gasteiger partial charge < -0.3 is 10.2 Å². The highest BCUT2D eigenvalue weighted by Gasteiger charge is 2.32. The van der Waals surface area contributed by atoms with E-state index in [-0.39, 0.29) is 36.8 Å². The number of carbonyl (C=O) groups excluding carboxylic acids is 1. The molecule has 0 aromatic heterocycles. The van der Waals surface area contributed by atoms with E-state index in [9.17, 15) is 4.79 Å². The Kier molecular flexibility index (Phi) is 12.4. The zero-order chi connectivity index (χ0) is 20.6. The van der Waals surface area contributed by atoms with E-state index in [1.165, 1.54) is 57.1 Å². The number of hydrogen-bond donors (Lipinski definition) is 1. The lowest BCUT2D eigenvalue weighted by molar-refractivity contribution is -0.126. The third-order valence-electron chi connectivity index (χ3n) is 7.57. The molecule has 0 unspecified atom stereocenters. The molecule has 1 saturated carbocycles. The summed E-state index contributed by atoms with van der Waals surface area (Å²) in [5, 5.41) is 3.41. The van der Waals surface area contributed by atoms with E-state index in [4.69, 9.17) is 0 Å². The van der Waals surface area contributed by atoms with E-state index in [1.807, 2.05) is 0 Å². The molecule has 0 spiro atoms. The molecule has 6 heteroatoms. The highest BCUT2D eigenvalue weighted by molar-refractivity contribution is 5.85. The fourth-order valence-electron chi connectivity index (χ4n) is 5.78. The fourth-order valence-corrected chi connectivity index (χ4v) is 5.78. The first-order chi connectivity index (χ1) is 14.8. The zero-order valence-electron chi connectivity index (χ0n) is 19.6. The highest BCUT2D eigenvalue weighted by atomic mass is 35.5. The van der Waals surface area contributed by atoms with Gasteiger partial charge >= 0.3 is 0 Å². The van der Waals surface area contributed by atoms with Crippen LogP contribution in [0.4, 0.5) is 0 Å². The highest BCUT2D eigenvalue weighted by Crippen LogP contribution is 2.25. The molecule has 1 N–H and O–H groups in total. The Morgan fingerprint density at radius 2 is 1.47 bits per heavy atom. The van der Waals surface area contributed by atoms with E-state index >= 15 is 0 Å². The lowest BCUT2D eigenvalue weighted by Crippen LogP contribution is -2.50. The second-order valence-electron chi connectivity index (χ2n) is 9.91. The first kappa shape index (κ1) is 27.4. The molecule has 3 aliphatic rings. The van der Waals surface area contributed by atoms with Crippen molar-refractivity contribution in [3.8, 4) is 0 Å². The maximum Gasteiger partial charge on any atom is 0.237 e. The molecule has 4 rings (SSSR count). The second kappa shape index (κ2) is 14.5. The average Bonchev–Trinajstić information content (AvgIpc) is 3.20. The molecule has 2 saturated heterocycles. The molecular formula is C26H43Cl2N3O. The van der Waals surface area contributed by atoms with Crippen LogP contribution >= 0.6 is 24.8 Å². The van der Waals surface area contributed by atoms with Crippen LogP contribution in [0.15, 0.2) is 30.3 Å². The van der Waals surface area contributed by atoms with E-state index in [0.29, 0.717) is 6.04 Å². The molecule has 0 bridgehead atoms. The van der Waals surface area contributed by atoms with Crippen LogP contribution in [0.5, 0.6) is 0 Å². The van der Waals surface area contributed by atoms with Gasteiger partial charge in [0, 0.05) is 32.2 Å². The van der Waals surface area contributed by atoms with E-state index in [0.717, 1.165) is 57.8 Å². The van der Waals surface area contributed by atoms with E-state index in [1.54, 1.807) is 0 Å². The molecule has 0 radical (unpaired) electrons. The smallest absolute Gasteiger partial charge is 0.237 e. The van der Waals surface area contributed by atoms with Gasteiger partial charge in [-0.05, 0) is 56.6 Å². The van der Waals surface area contributed by atoms with Gasteiger partial charge in [0.1, 0.15) is 0 Å². The molecule has 1 atom stereocenters. The Morgan fingerprint density at radius 3 is 2.16 bits per heavy atom. The third kappa shape index (κ3) is 8.20. The van der Waals surface area contributed by atoms with Crippen molar-refractivity contribution in [1.82, 2.24) is 15.1 Å².